The maximum absolute atomic E-state index is 5.87. The molecule has 0 amide bonds. The minimum absolute atomic E-state index is 0.521. The molecule has 0 bridgehead atoms. The van der Waals surface area contributed by atoms with Crippen LogP contribution in [0.3, 0.4) is 0 Å². The lowest BCUT2D eigenvalue weighted by atomic mass is 10.0. The third-order valence-corrected chi connectivity index (χ3v) is 2.84. The van der Waals surface area contributed by atoms with Gasteiger partial charge >= 0.3 is 0 Å². The van der Waals surface area contributed by atoms with Crippen molar-refractivity contribution in [3.05, 3.63) is 29.8 Å². The number of hydrogen-bond acceptors (Lipinski definition) is 1. The van der Waals surface area contributed by atoms with Crippen molar-refractivity contribution in [3.63, 3.8) is 0 Å². The van der Waals surface area contributed by atoms with E-state index < -0.39 is 0 Å². The lowest BCUT2D eigenvalue weighted by Gasteiger charge is -2.10. The number of likely N-dealkylation sites (N-methyl/N-ethyl adjacent to an activating group) is 1. The zero-order valence-corrected chi connectivity index (χ0v) is 7.88. The molecule has 0 aromatic heterocycles. The van der Waals surface area contributed by atoms with Gasteiger partial charge in [0.25, 0.3) is 0 Å². The van der Waals surface area contributed by atoms with Crippen LogP contribution >= 0.6 is 11.6 Å². The largest absolute Gasteiger partial charge is 0.374 e. The minimum atomic E-state index is 0.521. The smallest absolute Gasteiger partial charge is 0.0400 e. The molecule has 1 aromatic carbocycles. The molecular formula is C10H12ClN. The molecule has 1 unspecified atom stereocenters. The molecule has 0 saturated carbocycles. The van der Waals surface area contributed by atoms with E-state index in [2.05, 4.69) is 36.2 Å². The van der Waals surface area contributed by atoms with Crippen LogP contribution in [0, 0.1) is 0 Å². The Labute approximate surface area is 77.9 Å². The number of nitrogens with zero attached hydrogens (tertiary/aromatic N) is 1. The van der Waals surface area contributed by atoms with Crippen LogP contribution in [-0.4, -0.2) is 19.5 Å². The maximum atomic E-state index is 5.87. The Hall–Kier alpha value is -0.690. The molecule has 0 N–H and O–H groups in total. The Kier molecular flexibility index (Phi) is 1.97. The van der Waals surface area contributed by atoms with Crippen LogP contribution in [0.1, 0.15) is 11.5 Å². The third-order valence-electron chi connectivity index (χ3n) is 2.47. The van der Waals surface area contributed by atoms with Gasteiger partial charge in [-0.25, -0.2) is 0 Å². The van der Waals surface area contributed by atoms with Crippen LogP contribution in [0.2, 0.25) is 0 Å². The van der Waals surface area contributed by atoms with Crippen molar-refractivity contribution in [1.29, 1.82) is 0 Å². The van der Waals surface area contributed by atoms with E-state index in [1.54, 1.807) is 0 Å². The Morgan fingerprint density at radius 1 is 1.50 bits per heavy atom. The summed E-state index contributed by atoms with van der Waals surface area (Å²) in [6.45, 7) is 1.06. The highest BCUT2D eigenvalue weighted by Gasteiger charge is 2.24. The van der Waals surface area contributed by atoms with Crippen molar-refractivity contribution in [1.82, 2.24) is 0 Å². The molecule has 1 atom stereocenters. The molecule has 1 nitrogen and oxygen atoms in total. The van der Waals surface area contributed by atoms with Gasteiger partial charge in [-0.15, -0.1) is 11.6 Å². The quantitative estimate of drug-likeness (QED) is 0.602. The van der Waals surface area contributed by atoms with E-state index in [4.69, 9.17) is 11.6 Å². The topological polar surface area (TPSA) is 3.24 Å². The zero-order chi connectivity index (χ0) is 8.55. The molecule has 2 rings (SSSR count). The van der Waals surface area contributed by atoms with Gasteiger partial charge in [0.1, 0.15) is 0 Å². The summed E-state index contributed by atoms with van der Waals surface area (Å²) in [7, 11) is 2.12. The summed E-state index contributed by atoms with van der Waals surface area (Å²) in [6.07, 6.45) is 0. The van der Waals surface area contributed by atoms with E-state index in [1.165, 1.54) is 11.3 Å². The predicted molar refractivity (Wildman–Crippen MR) is 53.2 cm³/mol. The number of anilines is 1. The van der Waals surface area contributed by atoms with Gasteiger partial charge in [0.2, 0.25) is 0 Å². The number of fused-ring (bicyclic) bond motifs is 1. The average Bonchev–Trinajstić information content (AvgIpc) is 2.44. The third kappa shape index (κ3) is 1.09. The minimum Gasteiger partial charge on any atom is -0.374 e. The van der Waals surface area contributed by atoms with E-state index in [0.717, 1.165) is 12.4 Å². The molecule has 2 heteroatoms. The van der Waals surface area contributed by atoms with Gasteiger partial charge in [0.05, 0.1) is 0 Å². The maximum Gasteiger partial charge on any atom is 0.0400 e. The van der Waals surface area contributed by atoms with Gasteiger partial charge < -0.3 is 4.90 Å². The van der Waals surface area contributed by atoms with Crippen LogP contribution in [0.5, 0.6) is 0 Å². The fraction of sp³-hybridized carbons (Fsp3) is 0.400. The van der Waals surface area contributed by atoms with Gasteiger partial charge in [-0.2, -0.15) is 0 Å². The van der Waals surface area contributed by atoms with Gasteiger partial charge in [0, 0.05) is 31.1 Å². The van der Waals surface area contributed by atoms with Crippen molar-refractivity contribution in [2.45, 2.75) is 5.92 Å². The molecular weight excluding hydrogens is 170 g/mol. The van der Waals surface area contributed by atoms with Crippen LogP contribution in [0.25, 0.3) is 0 Å². The first-order chi connectivity index (χ1) is 5.83. The summed E-state index contributed by atoms with van der Waals surface area (Å²) in [5.74, 6) is 1.24. The highest BCUT2D eigenvalue weighted by molar-refractivity contribution is 6.18. The zero-order valence-electron chi connectivity index (χ0n) is 7.13. The number of halogens is 1. The van der Waals surface area contributed by atoms with E-state index in [0.29, 0.717) is 5.92 Å². The lowest BCUT2D eigenvalue weighted by molar-refractivity contribution is 0.803. The summed E-state index contributed by atoms with van der Waals surface area (Å²) < 4.78 is 0. The fourth-order valence-electron chi connectivity index (χ4n) is 1.84. The summed E-state index contributed by atoms with van der Waals surface area (Å²) in [6, 6.07) is 8.48. The van der Waals surface area contributed by atoms with Crippen LogP contribution < -0.4 is 4.90 Å². The van der Waals surface area contributed by atoms with Crippen molar-refractivity contribution < 1.29 is 0 Å². The number of hydrogen-bond donors (Lipinski definition) is 0. The second kappa shape index (κ2) is 2.98. The first-order valence-corrected chi connectivity index (χ1v) is 4.72. The standard InChI is InChI=1S/C10H12ClN/c1-12-7-8(6-11)9-4-2-3-5-10(9)12/h2-5,8H,6-7H2,1H3. The van der Waals surface area contributed by atoms with Gasteiger partial charge in [-0.3, -0.25) is 0 Å². The van der Waals surface area contributed by atoms with Crippen LogP contribution in [-0.2, 0) is 0 Å². The summed E-state index contributed by atoms with van der Waals surface area (Å²) in [5.41, 5.74) is 2.73. The molecule has 0 aliphatic carbocycles. The normalized spacial score (nSPS) is 21.2. The number of benzene rings is 1. The number of alkyl halides is 1. The molecule has 1 aromatic rings. The van der Waals surface area contributed by atoms with E-state index in [-0.39, 0.29) is 0 Å². The van der Waals surface area contributed by atoms with Crippen molar-refractivity contribution in [2.75, 3.05) is 24.4 Å². The number of para-hydroxylation sites is 1. The van der Waals surface area contributed by atoms with E-state index >= 15 is 0 Å². The van der Waals surface area contributed by atoms with Crippen molar-refractivity contribution in [3.8, 4) is 0 Å². The molecule has 1 heterocycles. The highest BCUT2D eigenvalue weighted by atomic mass is 35.5. The first-order valence-electron chi connectivity index (χ1n) is 4.19. The van der Waals surface area contributed by atoms with Gasteiger partial charge in [0.15, 0.2) is 0 Å². The van der Waals surface area contributed by atoms with E-state index in [1.807, 2.05) is 0 Å². The van der Waals surface area contributed by atoms with Gasteiger partial charge in [-0.1, -0.05) is 18.2 Å². The summed E-state index contributed by atoms with van der Waals surface area (Å²) in [4.78, 5) is 2.27. The second-order valence-corrected chi connectivity index (χ2v) is 3.60. The molecule has 0 spiro atoms. The highest BCUT2D eigenvalue weighted by Crippen LogP contribution is 2.35. The van der Waals surface area contributed by atoms with Crippen LogP contribution in [0.4, 0.5) is 5.69 Å². The molecule has 0 saturated heterocycles. The Balaban J connectivity index is 2.43. The van der Waals surface area contributed by atoms with Crippen molar-refractivity contribution >= 4 is 17.3 Å². The molecule has 64 valence electrons. The molecule has 1 aliphatic rings. The monoisotopic (exact) mass is 181 g/mol. The Morgan fingerprint density at radius 2 is 2.25 bits per heavy atom. The first kappa shape index (κ1) is 7.93. The second-order valence-electron chi connectivity index (χ2n) is 3.29. The molecule has 0 fully saturated rings. The SMILES string of the molecule is CN1CC(CCl)c2ccccc21. The molecule has 1 aliphatic heterocycles. The molecule has 12 heavy (non-hydrogen) atoms. The Bertz CT molecular complexity index is 285. The van der Waals surface area contributed by atoms with Crippen LogP contribution in [0.15, 0.2) is 24.3 Å². The fourth-order valence-corrected chi connectivity index (χ4v) is 2.10. The Morgan fingerprint density at radius 3 is 3.00 bits per heavy atom. The predicted octanol–water partition coefficient (Wildman–Crippen LogP) is 2.46. The lowest BCUT2D eigenvalue weighted by Crippen LogP contribution is -2.15. The van der Waals surface area contributed by atoms with Gasteiger partial charge in [-0.05, 0) is 11.6 Å². The molecule has 0 radical (unpaired) electrons. The number of rotatable bonds is 1. The average molecular weight is 182 g/mol. The van der Waals surface area contributed by atoms with E-state index in [9.17, 15) is 0 Å². The summed E-state index contributed by atoms with van der Waals surface area (Å²) >= 11 is 5.87. The summed E-state index contributed by atoms with van der Waals surface area (Å²) in [5, 5.41) is 0. The van der Waals surface area contributed by atoms with Crippen molar-refractivity contribution in [2.24, 2.45) is 0 Å².